The van der Waals surface area contributed by atoms with Crippen LogP contribution in [0.3, 0.4) is 0 Å². The summed E-state index contributed by atoms with van der Waals surface area (Å²) in [6, 6.07) is 12.3. The molecule has 0 spiro atoms. The van der Waals surface area contributed by atoms with Gasteiger partial charge in [-0.3, -0.25) is 4.79 Å². The molecule has 0 fully saturated rings. The van der Waals surface area contributed by atoms with Gasteiger partial charge in [0.15, 0.2) is 5.78 Å². The smallest absolute Gasteiger partial charge is 0.233 e. The Morgan fingerprint density at radius 3 is 2.63 bits per heavy atom. The van der Waals surface area contributed by atoms with Crippen LogP contribution in [0.25, 0.3) is 0 Å². The first-order chi connectivity index (χ1) is 14.4. The highest BCUT2D eigenvalue weighted by molar-refractivity contribution is 6.35. The summed E-state index contributed by atoms with van der Waals surface area (Å²) in [5.41, 5.74) is 4.88. The van der Waals surface area contributed by atoms with Crippen LogP contribution < -0.4 is 5.32 Å². The van der Waals surface area contributed by atoms with Crippen molar-refractivity contribution in [3.8, 4) is 5.75 Å². The number of nitrogens with zero attached hydrogens (tertiary/aromatic N) is 1. The van der Waals surface area contributed by atoms with Crippen LogP contribution in [0.5, 0.6) is 5.75 Å². The Labute approximate surface area is 183 Å². The minimum Gasteiger partial charge on any atom is -0.508 e. The number of allylic oxidation sites excluding steroid dienone is 2. The predicted molar refractivity (Wildman–Crippen MR) is 115 cm³/mol. The lowest BCUT2D eigenvalue weighted by Gasteiger charge is -2.34. The number of carbonyl (C=O) groups is 1. The van der Waals surface area contributed by atoms with Crippen molar-refractivity contribution in [3.05, 3.63) is 86.2 Å². The van der Waals surface area contributed by atoms with Gasteiger partial charge in [-0.2, -0.15) is 0 Å². The molecule has 2 aliphatic rings. The number of phenols is 1. The number of carbonyl (C=O) groups excluding carboxylic acids is 1. The van der Waals surface area contributed by atoms with Crippen LogP contribution in [0.15, 0.2) is 58.3 Å². The number of halogens is 2. The number of aromatic nitrogens is 1. The molecule has 0 saturated carbocycles. The number of benzene rings is 2. The fourth-order valence-electron chi connectivity index (χ4n) is 4.50. The zero-order valence-electron chi connectivity index (χ0n) is 16.1. The Hall–Kier alpha value is -2.76. The lowest BCUT2D eigenvalue weighted by Crippen LogP contribution is -2.29. The van der Waals surface area contributed by atoms with Crippen molar-refractivity contribution >= 4 is 34.9 Å². The maximum absolute atomic E-state index is 13.4. The Kier molecular flexibility index (Phi) is 4.60. The number of anilines is 1. The van der Waals surface area contributed by atoms with E-state index in [9.17, 15) is 9.90 Å². The third kappa shape index (κ3) is 3.09. The van der Waals surface area contributed by atoms with Crippen LogP contribution in [0.4, 0.5) is 5.88 Å². The number of phenolic OH excluding ortho intramolecular Hbond substituents is 1. The van der Waals surface area contributed by atoms with Gasteiger partial charge in [0.25, 0.3) is 0 Å². The summed E-state index contributed by atoms with van der Waals surface area (Å²) in [7, 11) is 0. The van der Waals surface area contributed by atoms with Gasteiger partial charge in [-0.15, -0.1) is 0 Å². The van der Waals surface area contributed by atoms with Crippen LogP contribution in [0.2, 0.25) is 10.0 Å². The quantitative estimate of drug-likeness (QED) is 0.514. The summed E-state index contributed by atoms with van der Waals surface area (Å²) in [5, 5.41) is 18.0. The number of hydrogen-bond donors (Lipinski definition) is 2. The molecule has 5 rings (SSSR count). The van der Waals surface area contributed by atoms with E-state index in [4.69, 9.17) is 27.7 Å². The van der Waals surface area contributed by atoms with Crippen molar-refractivity contribution < 1.29 is 14.4 Å². The predicted octanol–water partition coefficient (Wildman–Crippen LogP) is 5.95. The first kappa shape index (κ1) is 19.2. The normalized spacial score (nSPS) is 20.6. The zero-order valence-corrected chi connectivity index (χ0v) is 17.6. The average Bonchev–Trinajstić information content (AvgIpc) is 3.08. The van der Waals surface area contributed by atoms with Crippen molar-refractivity contribution in [1.29, 1.82) is 0 Å². The first-order valence-corrected chi connectivity index (χ1v) is 10.4. The second kappa shape index (κ2) is 7.18. The molecular weight excluding hydrogens is 423 g/mol. The molecule has 0 unspecified atom stereocenters. The van der Waals surface area contributed by atoms with Crippen molar-refractivity contribution in [3.63, 3.8) is 0 Å². The number of ketones is 1. The van der Waals surface area contributed by atoms with E-state index in [-0.39, 0.29) is 23.4 Å². The fourth-order valence-corrected chi connectivity index (χ4v) is 5.02. The van der Waals surface area contributed by atoms with Crippen molar-refractivity contribution in [2.75, 3.05) is 5.32 Å². The van der Waals surface area contributed by atoms with E-state index in [1.807, 2.05) is 25.1 Å². The van der Waals surface area contributed by atoms with E-state index in [1.54, 1.807) is 24.3 Å². The van der Waals surface area contributed by atoms with E-state index in [0.717, 1.165) is 22.4 Å². The van der Waals surface area contributed by atoms with Crippen LogP contribution in [0.1, 0.15) is 47.1 Å². The molecule has 5 nitrogen and oxygen atoms in total. The molecule has 0 radical (unpaired) electrons. The van der Waals surface area contributed by atoms with E-state index in [2.05, 4.69) is 10.5 Å². The molecule has 2 N–H and O–H groups in total. The van der Waals surface area contributed by atoms with Crippen LogP contribution in [0, 0.1) is 6.92 Å². The Morgan fingerprint density at radius 2 is 1.90 bits per heavy atom. The van der Waals surface area contributed by atoms with Crippen LogP contribution >= 0.6 is 23.2 Å². The molecule has 2 aromatic carbocycles. The highest BCUT2D eigenvalue weighted by Crippen LogP contribution is 2.50. The van der Waals surface area contributed by atoms with E-state index in [0.29, 0.717) is 40.0 Å². The van der Waals surface area contributed by atoms with Crippen LogP contribution in [-0.4, -0.2) is 16.0 Å². The molecule has 7 heteroatoms. The van der Waals surface area contributed by atoms with Crippen molar-refractivity contribution in [2.24, 2.45) is 0 Å². The minimum absolute atomic E-state index is 0.0104. The lowest BCUT2D eigenvalue weighted by atomic mass is 9.72. The molecule has 0 amide bonds. The highest BCUT2D eigenvalue weighted by Gasteiger charge is 2.41. The Bertz CT molecular complexity index is 1200. The topological polar surface area (TPSA) is 75.4 Å². The molecule has 1 aliphatic carbocycles. The van der Waals surface area contributed by atoms with Gasteiger partial charge in [-0.1, -0.05) is 46.6 Å². The third-order valence-corrected chi connectivity index (χ3v) is 6.46. The van der Waals surface area contributed by atoms with Gasteiger partial charge in [-0.25, -0.2) is 0 Å². The maximum atomic E-state index is 13.4. The molecule has 30 heavy (non-hydrogen) atoms. The molecule has 1 aromatic heterocycles. The molecule has 3 aromatic rings. The molecule has 152 valence electrons. The summed E-state index contributed by atoms with van der Waals surface area (Å²) in [4.78, 5) is 13.4. The summed E-state index contributed by atoms with van der Waals surface area (Å²) in [6.45, 7) is 1.86. The number of aryl methyl sites for hydroxylation is 1. The van der Waals surface area contributed by atoms with Gasteiger partial charge < -0.3 is 14.9 Å². The highest BCUT2D eigenvalue weighted by atomic mass is 35.5. The number of rotatable bonds is 2. The number of nitrogens with one attached hydrogen (secondary N) is 1. The van der Waals surface area contributed by atoms with Crippen LogP contribution in [-0.2, 0) is 4.79 Å². The van der Waals surface area contributed by atoms with E-state index >= 15 is 0 Å². The fraction of sp³-hybridized carbons (Fsp3) is 0.217. The van der Waals surface area contributed by atoms with E-state index in [1.165, 1.54) is 0 Å². The van der Waals surface area contributed by atoms with Crippen molar-refractivity contribution in [1.82, 2.24) is 5.16 Å². The Morgan fingerprint density at radius 1 is 1.13 bits per heavy atom. The lowest BCUT2D eigenvalue weighted by molar-refractivity contribution is -0.116. The number of hydrogen-bond acceptors (Lipinski definition) is 5. The largest absolute Gasteiger partial charge is 0.508 e. The summed E-state index contributed by atoms with van der Waals surface area (Å²) < 4.78 is 5.53. The summed E-state index contributed by atoms with van der Waals surface area (Å²) >= 11 is 12.7. The number of Topliss-reactive ketones (excluding diaryl/α,β-unsaturated/α-hetero) is 1. The number of fused-ring (bicyclic) bond motifs is 1. The van der Waals surface area contributed by atoms with Gasteiger partial charge in [0, 0.05) is 33.7 Å². The molecule has 0 saturated heterocycles. The molecular formula is C23H18Cl2N2O3. The maximum Gasteiger partial charge on any atom is 0.233 e. The van der Waals surface area contributed by atoms with E-state index < -0.39 is 0 Å². The second-order valence-electron chi connectivity index (χ2n) is 7.75. The average molecular weight is 441 g/mol. The SMILES string of the molecule is Cc1noc2c1[C@@H](c1ccc(Cl)cc1Cl)C1=C(C[C@@H](c3ccc(O)cc3)CC1=O)N2. The van der Waals surface area contributed by atoms with Crippen molar-refractivity contribution in [2.45, 2.75) is 31.6 Å². The molecule has 0 bridgehead atoms. The summed E-state index contributed by atoms with van der Waals surface area (Å²) in [5.74, 6) is 0.457. The van der Waals surface area contributed by atoms with Gasteiger partial charge in [0.2, 0.25) is 5.88 Å². The number of aromatic hydroxyl groups is 1. The second-order valence-corrected chi connectivity index (χ2v) is 8.59. The van der Waals surface area contributed by atoms with Gasteiger partial charge >= 0.3 is 0 Å². The van der Waals surface area contributed by atoms with Gasteiger partial charge in [0.05, 0.1) is 11.3 Å². The minimum atomic E-state index is -0.361. The first-order valence-electron chi connectivity index (χ1n) is 9.65. The molecule has 2 atom stereocenters. The molecule has 2 heterocycles. The van der Waals surface area contributed by atoms with Gasteiger partial charge in [0.1, 0.15) is 5.75 Å². The third-order valence-electron chi connectivity index (χ3n) is 5.90. The van der Waals surface area contributed by atoms with Gasteiger partial charge in [-0.05, 0) is 54.7 Å². The Balaban J connectivity index is 1.63. The monoisotopic (exact) mass is 440 g/mol. The zero-order chi connectivity index (χ0) is 21.0. The summed E-state index contributed by atoms with van der Waals surface area (Å²) in [6.07, 6.45) is 1.03. The molecule has 1 aliphatic heterocycles. The standard InChI is InChI=1S/C23H18Cl2N2O3/c1-11-20-21(16-7-4-14(24)10-17(16)25)22-18(26-23(20)30-27-11)8-13(9-19(22)29)12-2-5-15(28)6-3-12/h2-7,10,13,21,26,28H,8-9H2,1H3/t13-,21-/m1/s1.